The number of carbonyl (C=O) groups is 1. The minimum absolute atomic E-state index is 0.0109. The van der Waals surface area contributed by atoms with Gasteiger partial charge in [0.15, 0.2) is 0 Å². The number of halogens is 2. The Morgan fingerprint density at radius 2 is 2.23 bits per heavy atom. The van der Waals surface area contributed by atoms with Crippen LogP contribution in [0.2, 0.25) is 0 Å². The molecule has 0 aliphatic carbocycles. The molecule has 0 unspecified atom stereocenters. The van der Waals surface area contributed by atoms with E-state index in [-0.39, 0.29) is 12.0 Å². The minimum Gasteiger partial charge on any atom is -0.302 e. The smallest absolute Gasteiger partial charge is 0.231 e. The molecular weight excluding hydrogens is 176 g/mol. The zero-order chi connectivity index (χ0) is 9.68. The van der Waals surface area contributed by atoms with Gasteiger partial charge in [-0.1, -0.05) is 11.8 Å². The molecule has 1 aromatic rings. The van der Waals surface area contributed by atoms with Crippen LogP contribution >= 0.6 is 0 Å². The van der Waals surface area contributed by atoms with Crippen molar-refractivity contribution in [1.82, 2.24) is 4.98 Å². The molecule has 1 heterocycles. The Morgan fingerprint density at radius 3 is 2.85 bits per heavy atom. The summed E-state index contributed by atoms with van der Waals surface area (Å²) in [5, 5.41) is 0. The van der Waals surface area contributed by atoms with Gasteiger partial charge >= 0.3 is 0 Å². The summed E-state index contributed by atoms with van der Waals surface area (Å²) >= 11 is 0. The van der Waals surface area contributed by atoms with Gasteiger partial charge in [-0.15, -0.1) is 0 Å². The molecule has 0 spiro atoms. The van der Waals surface area contributed by atoms with Crippen LogP contribution in [0.25, 0.3) is 0 Å². The van der Waals surface area contributed by atoms with Crippen molar-refractivity contribution in [1.29, 1.82) is 0 Å². The lowest BCUT2D eigenvalue weighted by molar-refractivity contribution is -0.107. The molecule has 0 aliphatic rings. The topological polar surface area (TPSA) is 30.0 Å². The summed E-state index contributed by atoms with van der Waals surface area (Å²) < 4.78 is 25.0. The Labute approximate surface area is 73.6 Å². The van der Waals surface area contributed by atoms with Gasteiger partial charge in [-0.05, 0) is 12.1 Å². The number of pyridine rings is 1. The van der Waals surface area contributed by atoms with E-state index in [2.05, 4.69) is 16.8 Å². The molecule has 0 bridgehead atoms. The molecule has 0 aliphatic heterocycles. The number of hydrogen-bond acceptors (Lipinski definition) is 2. The number of rotatable bonds is 1. The van der Waals surface area contributed by atoms with Gasteiger partial charge in [-0.3, -0.25) is 0 Å². The van der Waals surface area contributed by atoms with Gasteiger partial charge in [0, 0.05) is 0 Å². The first-order valence-corrected chi connectivity index (χ1v) is 3.48. The molecule has 4 heteroatoms. The van der Waals surface area contributed by atoms with Gasteiger partial charge in [-0.2, -0.15) is 13.8 Å². The first-order chi connectivity index (χ1) is 6.24. The van der Waals surface area contributed by atoms with Crippen LogP contribution in [0.1, 0.15) is 12.0 Å². The van der Waals surface area contributed by atoms with Crippen LogP contribution in [0.5, 0.6) is 0 Å². The Kier molecular flexibility index (Phi) is 3.09. The predicted molar refractivity (Wildman–Crippen MR) is 41.7 cm³/mol. The normalized spacial score (nSPS) is 8.77. The van der Waals surface area contributed by atoms with Crippen molar-refractivity contribution in [3.8, 4) is 11.8 Å². The van der Waals surface area contributed by atoms with Crippen molar-refractivity contribution in [3.05, 3.63) is 29.6 Å². The van der Waals surface area contributed by atoms with Crippen LogP contribution in [0, 0.1) is 23.7 Å². The van der Waals surface area contributed by atoms with Crippen LogP contribution in [0.3, 0.4) is 0 Å². The predicted octanol–water partition coefficient (Wildman–Crippen LogP) is 1.30. The quantitative estimate of drug-likeness (QED) is 0.371. The van der Waals surface area contributed by atoms with Gasteiger partial charge in [0.2, 0.25) is 11.9 Å². The largest absolute Gasteiger partial charge is 0.302 e. The third kappa shape index (κ3) is 2.64. The van der Waals surface area contributed by atoms with Crippen LogP contribution in [-0.2, 0) is 4.79 Å². The lowest BCUT2D eigenvalue weighted by Gasteiger charge is -1.91. The fourth-order valence-electron chi connectivity index (χ4n) is 0.693. The Morgan fingerprint density at radius 1 is 1.46 bits per heavy atom. The summed E-state index contributed by atoms with van der Waals surface area (Å²) in [6.07, 6.45) is 0.624. The highest BCUT2D eigenvalue weighted by Crippen LogP contribution is 2.03. The lowest BCUT2D eigenvalue weighted by Crippen LogP contribution is -1.91. The van der Waals surface area contributed by atoms with E-state index >= 15 is 0 Å². The van der Waals surface area contributed by atoms with E-state index in [1.54, 1.807) is 0 Å². The SMILES string of the molecule is O=CCC#Cc1ccc(F)nc1F. The molecule has 0 fully saturated rings. The van der Waals surface area contributed by atoms with E-state index < -0.39 is 11.9 Å². The summed E-state index contributed by atoms with van der Waals surface area (Å²) in [4.78, 5) is 12.8. The van der Waals surface area contributed by atoms with Gasteiger partial charge in [0.1, 0.15) is 6.29 Å². The van der Waals surface area contributed by atoms with E-state index in [9.17, 15) is 13.6 Å². The maximum atomic E-state index is 12.7. The summed E-state index contributed by atoms with van der Waals surface area (Å²) in [6, 6.07) is 2.18. The van der Waals surface area contributed by atoms with Gasteiger partial charge in [0.25, 0.3) is 0 Å². The number of nitrogens with zero attached hydrogens (tertiary/aromatic N) is 1. The molecule has 0 aromatic carbocycles. The Hall–Kier alpha value is -1.76. The van der Waals surface area contributed by atoms with Crippen molar-refractivity contribution in [2.75, 3.05) is 0 Å². The van der Waals surface area contributed by atoms with Crippen LogP contribution < -0.4 is 0 Å². The fraction of sp³-hybridized carbons (Fsp3) is 0.111. The van der Waals surface area contributed by atoms with Crippen molar-refractivity contribution < 1.29 is 13.6 Å². The summed E-state index contributed by atoms with van der Waals surface area (Å²) in [5.41, 5.74) is -0.0109. The molecule has 0 saturated carbocycles. The monoisotopic (exact) mass is 181 g/mol. The highest BCUT2D eigenvalue weighted by atomic mass is 19.1. The second-order valence-corrected chi connectivity index (χ2v) is 2.14. The number of aldehydes is 1. The lowest BCUT2D eigenvalue weighted by atomic mass is 10.3. The molecule has 1 rings (SSSR count). The average Bonchev–Trinajstić information content (AvgIpc) is 2.09. The first-order valence-electron chi connectivity index (χ1n) is 3.48. The molecule has 0 amide bonds. The number of carbonyl (C=O) groups excluding carboxylic acids is 1. The molecule has 0 saturated heterocycles. The van der Waals surface area contributed by atoms with E-state index in [0.29, 0.717) is 6.29 Å². The third-order valence-corrected chi connectivity index (χ3v) is 1.22. The molecule has 2 nitrogen and oxygen atoms in total. The molecule has 13 heavy (non-hydrogen) atoms. The summed E-state index contributed by atoms with van der Waals surface area (Å²) in [7, 11) is 0. The zero-order valence-electron chi connectivity index (χ0n) is 6.55. The maximum absolute atomic E-state index is 12.7. The summed E-state index contributed by atoms with van der Waals surface area (Å²) in [5.74, 6) is 2.90. The van der Waals surface area contributed by atoms with Crippen LogP contribution in [-0.4, -0.2) is 11.3 Å². The first kappa shape index (κ1) is 9.33. The zero-order valence-corrected chi connectivity index (χ0v) is 6.55. The molecule has 1 aromatic heterocycles. The Bertz CT molecular complexity index is 379. The van der Waals surface area contributed by atoms with E-state index in [0.717, 1.165) is 6.07 Å². The number of hydrogen-bond donors (Lipinski definition) is 0. The van der Waals surface area contributed by atoms with Crippen molar-refractivity contribution >= 4 is 6.29 Å². The number of aromatic nitrogens is 1. The van der Waals surface area contributed by atoms with Crippen LogP contribution in [0.15, 0.2) is 12.1 Å². The molecule has 66 valence electrons. The van der Waals surface area contributed by atoms with E-state index in [1.165, 1.54) is 6.07 Å². The highest BCUT2D eigenvalue weighted by Gasteiger charge is 2.01. The van der Waals surface area contributed by atoms with Crippen molar-refractivity contribution in [2.24, 2.45) is 0 Å². The average molecular weight is 181 g/mol. The standard InChI is InChI=1S/C9H5F2NO/c10-8-5-4-7(9(11)12-8)3-1-2-6-13/h4-6H,2H2. The summed E-state index contributed by atoms with van der Waals surface area (Å²) in [6.45, 7) is 0. The van der Waals surface area contributed by atoms with Crippen molar-refractivity contribution in [2.45, 2.75) is 6.42 Å². The van der Waals surface area contributed by atoms with E-state index in [4.69, 9.17) is 0 Å². The maximum Gasteiger partial charge on any atom is 0.231 e. The van der Waals surface area contributed by atoms with Crippen LogP contribution in [0.4, 0.5) is 8.78 Å². The molecule has 0 atom stereocenters. The Balaban J connectivity index is 2.91. The minimum atomic E-state index is -0.960. The second kappa shape index (κ2) is 4.31. The molecule has 0 radical (unpaired) electrons. The van der Waals surface area contributed by atoms with Crippen molar-refractivity contribution in [3.63, 3.8) is 0 Å². The van der Waals surface area contributed by atoms with E-state index in [1.807, 2.05) is 0 Å². The van der Waals surface area contributed by atoms with Gasteiger partial charge in [0.05, 0.1) is 12.0 Å². The molecule has 0 N–H and O–H groups in total. The second-order valence-electron chi connectivity index (χ2n) is 2.14. The van der Waals surface area contributed by atoms with Gasteiger partial charge in [-0.25, -0.2) is 0 Å². The van der Waals surface area contributed by atoms with Gasteiger partial charge < -0.3 is 4.79 Å². The molecular formula is C9H5F2NO. The third-order valence-electron chi connectivity index (χ3n) is 1.22. The fourth-order valence-corrected chi connectivity index (χ4v) is 0.693. The highest BCUT2D eigenvalue weighted by molar-refractivity contribution is 5.54.